The van der Waals surface area contributed by atoms with Crippen molar-refractivity contribution in [2.45, 2.75) is 52.2 Å². The normalized spacial score (nSPS) is 33.0. The van der Waals surface area contributed by atoms with Gasteiger partial charge in [0.2, 0.25) is 5.88 Å². The Kier molecular flexibility index (Phi) is 7.53. The van der Waals surface area contributed by atoms with Crippen LogP contribution in [0.15, 0.2) is 29.8 Å². The molecular formula is C27H40N3O4. The molecule has 1 aromatic heterocycles. The topological polar surface area (TPSA) is 75.1 Å². The number of hydrogen-bond acceptors (Lipinski definition) is 7. The van der Waals surface area contributed by atoms with E-state index in [9.17, 15) is 9.90 Å². The highest BCUT2D eigenvalue weighted by Gasteiger charge is 2.53. The van der Waals surface area contributed by atoms with Crippen molar-refractivity contribution in [3.05, 3.63) is 36.3 Å². The number of nitrogens with zero attached hydrogens (tertiary/aromatic N) is 3. The molecule has 0 aromatic carbocycles. The number of pyridine rings is 1. The van der Waals surface area contributed by atoms with Crippen molar-refractivity contribution in [2.24, 2.45) is 23.7 Å². The molecule has 7 heteroatoms. The predicted octanol–water partition coefficient (Wildman–Crippen LogP) is 3.34. The highest BCUT2D eigenvalue weighted by Crippen LogP contribution is 2.50. The van der Waals surface area contributed by atoms with Crippen LogP contribution >= 0.6 is 0 Å². The maximum absolute atomic E-state index is 11.8. The number of piperazine rings is 1. The third-order valence-electron chi connectivity index (χ3n) is 8.21. The lowest BCUT2D eigenvalue weighted by atomic mass is 9.57. The van der Waals surface area contributed by atoms with Crippen molar-refractivity contribution in [3.63, 3.8) is 0 Å². The van der Waals surface area contributed by atoms with E-state index in [1.54, 1.807) is 7.11 Å². The number of aromatic nitrogens is 1. The van der Waals surface area contributed by atoms with E-state index in [-0.39, 0.29) is 17.8 Å². The van der Waals surface area contributed by atoms with Crippen LogP contribution in [0.1, 0.15) is 40.5 Å². The van der Waals surface area contributed by atoms with Gasteiger partial charge >= 0.3 is 5.97 Å². The Morgan fingerprint density at radius 2 is 2.00 bits per heavy atom. The fraction of sp³-hybridized carbons (Fsp3) is 0.667. The maximum Gasteiger partial charge on any atom is 0.303 e. The number of hydrogen-bond donors (Lipinski definition) is 1. The van der Waals surface area contributed by atoms with Gasteiger partial charge in [0.05, 0.1) is 12.7 Å². The Hall–Kier alpha value is -2.12. The van der Waals surface area contributed by atoms with Gasteiger partial charge in [0.15, 0.2) is 0 Å². The molecule has 1 N–H and O–H groups in total. The van der Waals surface area contributed by atoms with Gasteiger partial charge < -0.3 is 19.5 Å². The minimum atomic E-state index is -0.937. The molecule has 2 heterocycles. The summed E-state index contributed by atoms with van der Waals surface area (Å²) in [4.78, 5) is 21.0. The number of carbonyl (C=O) groups excluding carboxylic acids is 1. The lowest BCUT2D eigenvalue weighted by Gasteiger charge is -2.53. The summed E-state index contributed by atoms with van der Waals surface area (Å²) in [5, 5.41) is 11.8. The summed E-state index contributed by atoms with van der Waals surface area (Å²) in [5.41, 5.74) is 0.0867. The zero-order chi connectivity index (χ0) is 24.5. The molecule has 6 atom stereocenters. The van der Waals surface area contributed by atoms with Gasteiger partial charge in [-0.05, 0) is 49.2 Å². The molecule has 2 aliphatic carbocycles. The summed E-state index contributed by atoms with van der Waals surface area (Å²) in [6.07, 6.45) is 5.75. The molecule has 34 heavy (non-hydrogen) atoms. The van der Waals surface area contributed by atoms with E-state index < -0.39 is 11.7 Å². The van der Waals surface area contributed by atoms with Crippen LogP contribution in [-0.4, -0.2) is 72.5 Å². The number of rotatable bonds is 6. The second-order valence-corrected chi connectivity index (χ2v) is 10.5. The largest absolute Gasteiger partial charge is 0.481 e. The van der Waals surface area contributed by atoms with E-state index >= 15 is 0 Å². The summed E-state index contributed by atoms with van der Waals surface area (Å²) < 4.78 is 10.8. The second-order valence-electron chi connectivity index (χ2n) is 10.5. The van der Waals surface area contributed by atoms with Crippen molar-refractivity contribution in [1.29, 1.82) is 0 Å². The number of esters is 1. The third kappa shape index (κ3) is 5.10. The average molecular weight is 471 g/mol. The van der Waals surface area contributed by atoms with Crippen molar-refractivity contribution in [1.82, 2.24) is 9.88 Å². The van der Waals surface area contributed by atoms with Crippen molar-refractivity contribution in [2.75, 3.05) is 44.7 Å². The van der Waals surface area contributed by atoms with Gasteiger partial charge in [0.1, 0.15) is 11.9 Å². The molecule has 1 aromatic rings. The molecule has 0 spiro atoms. The van der Waals surface area contributed by atoms with Crippen LogP contribution in [0, 0.1) is 30.1 Å². The van der Waals surface area contributed by atoms with Crippen molar-refractivity contribution < 1.29 is 19.4 Å². The highest BCUT2D eigenvalue weighted by molar-refractivity contribution is 5.66. The number of carbonyl (C=O) groups is 1. The summed E-state index contributed by atoms with van der Waals surface area (Å²) >= 11 is 0. The molecule has 1 saturated carbocycles. The van der Waals surface area contributed by atoms with E-state index in [0.29, 0.717) is 17.7 Å². The SMILES string of the molecule is COc1cccc(N2CCN(CC(C)[C@@H]3CC[C@@H](C)[C@]4(O)[CH][C@@H](OC(C)=O)C(C)=C[C@H]34)CC2)n1. The Bertz CT molecular complexity index is 898. The molecule has 2 fully saturated rings. The molecule has 1 radical (unpaired) electrons. The Morgan fingerprint density at radius 1 is 1.26 bits per heavy atom. The first kappa shape index (κ1) is 25.0. The molecule has 7 nitrogen and oxygen atoms in total. The maximum atomic E-state index is 11.8. The van der Waals surface area contributed by atoms with Crippen LogP contribution in [0.3, 0.4) is 0 Å². The number of anilines is 1. The molecule has 187 valence electrons. The molecule has 3 aliphatic rings. The minimum Gasteiger partial charge on any atom is -0.481 e. The monoisotopic (exact) mass is 470 g/mol. The molecule has 0 bridgehead atoms. The Morgan fingerprint density at radius 3 is 2.68 bits per heavy atom. The van der Waals surface area contributed by atoms with E-state index in [1.807, 2.05) is 31.5 Å². The molecule has 1 aliphatic heterocycles. The highest BCUT2D eigenvalue weighted by atomic mass is 16.5. The summed E-state index contributed by atoms with van der Waals surface area (Å²) in [5.74, 6) is 2.35. The zero-order valence-corrected chi connectivity index (χ0v) is 21.2. The molecule has 0 amide bonds. The van der Waals surface area contributed by atoms with Gasteiger partial charge in [-0.25, -0.2) is 0 Å². The fourth-order valence-corrected chi connectivity index (χ4v) is 6.15. The lowest BCUT2D eigenvalue weighted by Crippen LogP contribution is -2.57. The van der Waals surface area contributed by atoms with E-state index in [0.717, 1.165) is 57.0 Å². The van der Waals surface area contributed by atoms with Gasteiger partial charge in [-0.15, -0.1) is 0 Å². The van der Waals surface area contributed by atoms with Crippen LogP contribution in [0.4, 0.5) is 5.82 Å². The molecule has 1 saturated heterocycles. The van der Waals surface area contributed by atoms with Crippen LogP contribution < -0.4 is 9.64 Å². The number of aliphatic hydroxyl groups is 1. The summed E-state index contributed by atoms with van der Waals surface area (Å²) in [6, 6.07) is 5.91. The van der Waals surface area contributed by atoms with Crippen molar-refractivity contribution in [3.8, 4) is 5.88 Å². The lowest BCUT2D eigenvalue weighted by molar-refractivity contribution is -0.148. The van der Waals surface area contributed by atoms with Gasteiger partial charge in [0.25, 0.3) is 0 Å². The van der Waals surface area contributed by atoms with Crippen LogP contribution in [-0.2, 0) is 9.53 Å². The molecule has 1 unspecified atom stereocenters. The van der Waals surface area contributed by atoms with Gasteiger partial charge in [-0.3, -0.25) is 9.69 Å². The standard InChI is InChI=1S/C27H40N3O4/c1-18-15-23-22(10-9-20(3)27(23,32)16-24(18)34-21(4)31)19(2)17-29-11-13-30(14-12-29)25-7-6-8-26(28-25)33-5/h6-8,15-16,19-20,22-24,32H,9-14,17H2,1-5H3/t19?,20-,22+,23-,24-,27-/m1/s1. The average Bonchev–Trinajstić information content (AvgIpc) is 2.81. The molecular weight excluding hydrogens is 430 g/mol. The number of fused-ring (bicyclic) bond motifs is 1. The van der Waals surface area contributed by atoms with Crippen LogP contribution in [0.2, 0.25) is 0 Å². The predicted molar refractivity (Wildman–Crippen MR) is 133 cm³/mol. The van der Waals surface area contributed by atoms with Gasteiger partial charge in [-0.1, -0.05) is 26.0 Å². The summed E-state index contributed by atoms with van der Waals surface area (Å²) in [7, 11) is 1.65. The Balaban J connectivity index is 1.40. The van der Waals surface area contributed by atoms with Gasteiger partial charge in [0, 0.05) is 58.1 Å². The number of methoxy groups -OCH3 is 1. The first-order valence-electron chi connectivity index (χ1n) is 12.6. The Labute approximate surface area is 204 Å². The van der Waals surface area contributed by atoms with Gasteiger partial charge in [-0.2, -0.15) is 4.98 Å². The van der Waals surface area contributed by atoms with E-state index in [4.69, 9.17) is 9.47 Å². The number of ether oxygens (including phenoxy) is 2. The second kappa shape index (κ2) is 10.2. The summed E-state index contributed by atoms with van der Waals surface area (Å²) in [6.45, 7) is 12.8. The fourth-order valence-electron chi connectivity index (χ4n) is 6.15. The van der Waals surface area contributed by atoms with E-state index in [1.165, 1.54) is 6.92 Å². The zero-order valence-electron chi connectivity index (χ0n) is 21.2. The van der Waals surface area contributed by atoms with Crippen LogP contribution in [0.25, 0.3) is 0 Å². The van der Waals surface area contributed by atoms with Crippen molar-refractivity contribution >= 4 is 11.8 Å². The first-order chi connectivity index (χ1) is 16.2. The van der Waals surface area contributed by atoms with E-state index in [2.05, 4.69) is 34.7 Å². The smallest absolute Gasteiger partial charge is 0.303 e. The first-order valence-corrected chi connectivity index (χ1v) is 12.6. The third-order valence-corrected chi connectivity index (χ3v) is 8.21. The quantitative estimate of drug-likeness (QED) is 0.505. The minimum absolute atomic E-state index is 0.0559. The molecule has 4 rings (SSSR count). The van der Waals surface area contributed by atoms with Crippen LogP contribution in [0.5, 0.6) is 5.88 Å².